The molecule has 1 aliphatic heterocycles. The minimum Gasteiger partial charge on any atom is -0.497 e. The van der Waals surface area contributed by atoms with Crippen LogP contribution in [0.15, 0.2) is 24.3 Å². The van der Waals surface area contributed by atoms with Crippen LogP contribution in [0.5, 0.6) is 5.75 Å². The first kappa shape index (κ1) is 17.6. The van der Waals surface area contributed by atoms with E-state index < -0.39 is 0 Å². The van der Waals surface area contributed by atoms with Gasteiger partial charge in [0.15, 0.2) is 0 Å². The second-order valence-corrected chi connectivity index (χ2v) is 6.34. The third kappa shape index (κ3) is 5.13. The number of ether oxygens (including phenoxy) is 1. The van der Waals surface area contributed by atoms with E-state index in [4.69, 9.17) is 4.74 Å². The Morgan fingerprint density at radius 2 is 1.96 bits per heavy atom. The second kappa shape index (κ2) is 8.77. The number of amides is 2. The van der Waals surface area contributed by atoms with E-state index in [1.165, 1.54) is 12.8 Å². The molecule has 2 rings (SSSR count). The zero-order valence-corrected chi connectivity index (χ0v) is 14.5. The number of rotatable bonds is 5. The van der Waals surface area contributed by atoms with E-state index in [2.05, 4.69) is 16.3 Å². The molecule has 0 aromatic heterocycles. The molecule has 1 aromatic rings. The first-order chi connectivity index (χ1) is 11.1. The molecule has 23 heavy (non-hydrogen) atoms. The number of likely N-dealkylation sites (tertiary alicyclic amines) is 1. The molecular formula is C18H29N3O2. The molecule has 0 aliphatic carbocycles. The van der Waals surface area contributed by atoms with Crippen LogP contribution in [-0.2, 0) is 0 Å². The van der Waals surface area contributed by atoms with Crippen molar-refractivity contribution in [2.24, 2.45) is 0 Å². The van der Waals surface area contributed by atoms with Gasteiger partial charge in [-0.2, -0.15) is 0 Å². The maximum atomic E-state index is 12.4. The maximum Gasteiger partial charge on any atom is 0.317 e. The third-order valence-electron chi connectivity index (χ3n) is 4.44. The average Bonchev–Trinajstić information content (AvgIpc) is 2.84. The number of urea groups is 1. The molecule has 1 atom stereocenters. The summed E-state index contributed by atoms with van der Waals surface area (Å²) < 4.78 is 5.31. The minimum atomic E-state index is 0.0571. The molecule has 0 bridgehead atoms. The number of hydrogen-bond donors (Lipinski definition) is 1. The van der Waals surface area contributed by atoms with Crippen LogP contribution in [0.2, 0.25) is 0 Å². The van der Waals surface area contributed by atoms with Crippen LogP contribution in [-0.4, -0.2) is 56.7 Å². The van der Waals surface area contributed by atoms with Gasteiger partial charge in [-0.15, -0.1) is 0 Å². The number of benzene rings is 1. The Bertz CT molecular complexity index is 497. The lowest BCUT2D eigenvalue weighted by Gasteiger charge is -2.27. The van der Waals surface area contributed by atoms with Gasteiger partial charge in [0, 0.05) is 19.6 Å². The van der Waals surface area contributed by atoms with Crippen molar-refractivity contribution >= 4 is 6.03 Å². The summed E-state index contributed by atoms with van der Waals surface area (Å²) in [4.78, 5) is 16.5. The monoisotopic (exact) mass is 319 g/mol. The van der Waals surface area contributed by atoms with Crippen LogP contribution in [0, 0.1) is 0 Å². The second-order valence-electron chi connectivity index (χ2n) is 6.34. The summed E-state index contributed by atoms with van der Waals surface area (Å²) in [6.07, 6.45) is 4.68. The fraction of sp³-hybridized carbons (Fsp3) is 0.611. The van der Waals surface area contributed by atoms with Crippen molar-refractivity contribution in [2.75, 3.05) is 40.8 Å². The van der Waals surface area contributed by atoms with E-state index in [1.807, 2.05) is 37.2 Å². The standard InChI is InChI=1S/C18H29N3O2/c1-20(2)17(15-9-8-10-16(13-15)23-3)14-19-18(22)21-11-6-4-5-7-12-21/h8-10,13,17H,4-7,11-12,14H2,1-3H3,(H,19,22). The third-order valence-corrected chi connectivity index (χ3v) is 4.44. The number of carbonyl (C=O) groups excluding carboxylic acids is 1. The smallest absolute Gasteiger partial charge is 0.317 e. The van der Waals surface area contributed by atoms with Crippen molar-refractivity contribution in [3.05, 3.63) is 29.8 Å². The first-order valence-electron chi connectivity index (χ1n) is 8.45. The number of methoxy groups -OCH3 is 1. The average molecular weight is 319 g/mol. The van der Waals surface area contributed by atoms with E-state index in [0.717, 1.165) is 37.2 Å². The van der Waals surface area contributed by atoms with Crippen molar-refractivity contribution in [1.29, 1.82) is 0 Å². The van der Waals surface area contributed by atoms with Crippen LogP contribution >= 0.6 is 0 Å². The van der Waals surface area contributed by atoms with Crippen molar-refractivity contribution in [3.8, 4) is 5.75 Å². The van der Waals surface area contributed by atoms with Gasteiger partial charge in [-0.1, -0.05) is 25.0 Å². The SMILES string of the molecule is COc1cccc(C(CNC(=O)N2CCCCCC2)N(C)C)c1. The van der Waals surface area contributed by atoms with Gasteiger partial charge < -0.3 is 19.9 Å². The van der Waals surface area contributed by atoms with Gasteiger partial charge in [0.05, 0.1) is 13.2 Å². The summed E-state index contributed by atoms with van der Waals surface area (Å²) in [7, 11) is 5.73. The number of carbonyl (C=O) groups is 1. The van der Waals surface area contributed by atoms with E-state index >= 15 is 0 Å². The quantitative estimate of drug-likeness (QED) is 0.907. The highest BCUT2D eigenvalue weighted by atomic mass is 16.5. The molecule has 0 radical (unpaired) electrons. The van der Waals surface area contributed by atoms with Crippen LogP contribution in [0.1, 0.15) is 37.3 Å². The molecule has 5 nitrogen and oxygen atoms in total. The van der Waals surface area contributed by atoms with Crippen molar-refractivity contribution in [3.63, 3.8) is 0 Å². The van der Waals surface area contributed by atoms with E-state index in [9.17, 15) is 4.79 Å². The highest BCUT2D eigenvalue weighted by Gasteiger charge is 2.19. The molecular weight excluding hydrogens is 290 g/mol. The normalized spacial score (nSPS) is 16.8. The van der Waals surface area contributed by atoms with E-state index in [1.54, 1.807) is 7.11 Å². The lowest BCUT2D eigenvalue weighted by Crippen LogP contribution is -2.43. The van der Waals surface area contributed by atoms with Gasteiger partial charge in [-0.3, -0.25) is 0 Å². The lowest BCUT2D eigenvalue weighted by atomic mass is 10.1. The number of hydrogen-bond acceptors (Lipinski definition) is 3. The fourth-order valence-corrected chi connectivity index (χ4v) is 3.02. The molecule has 1 aliphatic rings. The molecule has 0 spiro atoms. The fourth-order valence-electron chi connectivity index (χ4n) is 3.02. The molecule has 1 aromatic carbocycles. The van der Waals surface area contributed by atoms with Crippen molar-refractivity contribution in [2.45, 2.75) is 31.7 Å². The predicted octanol–water partition coefficient (Wildman–Crippen LogP) is 2.88. The van der Waals surface area contributed by atoms with Gasteiger partial charge >= 0.3 is 6.03 Å². The molecule has 5 heteroatoms. The van der Waals surface area contributed by atoms with Crippen molar-refractivity contribution < 1.29 is 9.53 Å². The van der Waals surface area contributed by atoms with Crippen LogP contribution in [0.4, 0.5) is 4.79 Å². The molecule has 128 valence electrons. The highest BCUT2D eigenvalue weighted by Crippen LogP contribution is 2.22. The Kier molecular flexibility index (Phi) is 6.71. The zero-order valence-electron chi connectivity index (χ0n) is 14.5. The van der Waals surface area contributed by atoms with Gasteiger partial charge in [0.25, 0.3) is 0 Å². The minimum absolute atomic E-state index is 0.0571. The van der Waals surface area contributed by atoms with Crippen molar-refractivity contribution in [1.82, 2.24) is 15.1 Å². The van der Waals surface area contributed by atoms with Crippen LogP contribution in [0.25, 0.3) is 0 Å². The topological polar surface area (TPSA) is 44.8 Å². The summed E-state index contributed by atoms with van der Waals surface area (Å²) >= 11 is 0. The van der Waals surface area contributed by atoms with Gasteiger partial charge in [0.2, 0.25) is 0 Å². The van der Waals surface area contributed by atoms with Crippen LogP contribution < -0.4 is 10.1 Å². The molecule has 1 saturated heterocycles. The molecule has 1 fully saturated rings. The van der Waals surface area contributed by atoms with E-state index in [0.29, 0.717) is 6.54 Å². The van der Waals surface area contributed by atoms with Gasteiger partial charge in [-0.25, -0.2) is 4.79 Å². The zero-order chi connectivity index (χ0) is 16.7. The van der Waals surface area contributed by atoms with Crippen LogP contribution in [0.3, 0.4) is 0 Å². The molecule has 1 N–H and O–H groups in total. The molecule has 0 saturated carbocycles. The van der Waals surface area contributed by atoms with Gasteiger partial charge in [-0.05, 0) is 44.6 Å². The highest BCUT2D eigenvalue weighted by molar-refractivity contribution is 5.74. The summed E-state index contributed by atoms with van der Waals surface area (Å²) in [5, 5.41) is 3.10. The Morgan fingerprint density at radius 1 is 1.26 bits per heavy atom. The lowest BCUT2D eigenvalue weighted by molar-refractivity contribution is 0.194. The summed E-state index contributed by atoms with van der Waals surface area (Å²) in [5.74, 6) is 0.841. The molecule has 1 heterocycles. The Balaban J connectivity index is 1.97. The maximum absolute atomic E-state index is 12.4. The number of nitrogens with zero attached hydrogens (tertiary/aromatic N) is 2. The Hall–Kier alpha value is -1.75. The largest absolute Gasteiger partial charge is 0.497 e. The Morgan fingerprint density at radius 3 is 2.57 bits per heavy atom. The molecule has 1 unspecified atom stereocenters. The summed E-state index contributed by atoms with van der Waals surface area (Å²) in [6.45, 7) is 2.34. The number of likely N-dealkylation sites (N-methyl/N-ethyl adjacent to an activating group) is 1. The first-order valence-corrected chi connectivity index (χ1v) is 8.45. The van der Waals surface area contributed by atoms with Gasteiger partial charge in [0.1, 0.15) is 5.75 Å². The summed E-state index contributed by atoms with van der Waals surface area (Å²) in [6, 6.07) is 8.21. The Labute approximate surface area is 139 Å². The predicted molar refractivity (Wildman–Crippen MR) is 92.9 cm³/mol. The van der Waals surface area contributed by atoms with E-state index in [-0.39, 0.29) is 12.1 Å². The molecule has 2 amide bonds. The summed E-state index contributed by atoms with van der Waals surface area (Å²) in [5.41, 5.74) is 1.14. The number of nitrogens with one attached hydrogen (secondary N) is 1.